The number of aromatic nitrogens is 3. The van der Waals surface area contributed by atoms with Gasteiger partial charge in [0.25, 0.3) is 0 Å². The van der Waals surface area contributed by atoms with Crippen molar-refractivity contribution in [2.45, 2.75) is 44.1 Å². The number of ether oxygens (including phenoxy) is 1. The summed E-state index contributed by atoms with van der Waals surface area (Å²) in [5.41, 5.74) is 2.86. The summed E-state index contributed by atoms with van der Waals surface area (Å²) in [5, 5.41) is 12.1. The lowest BCUT2D eigenvalue weighted by Gasteiger charge is -2.15. The first-order valence-electron chi connectivity index (χ1n) is 9.64. The normalized spacial score (nSPS) is 11.9. The number of anilines is 1. The van der Waals surface area contributed by atoms with Crippen LogP contribution in [0.3, 0.4) is 0 Å². The highest BCUT2D eigenvalue weighted by molar-refractivity contribution is 8.00. The van der Waals surface area contributed by atoms with Gasteiger partial charge in [-0.05, 0) is 38.5 Å². The molecule has 1 N–H and O–H groups in total. The predicted octanol–water partition coefficient (Wildman–Crippen LogP) is 4.79. The Bertz CT molecular complexity index is 986. The highest BCUT2D eigenvalue weighted by Crippen LogP contribution is 2.29. The number of thioether (sulfide) groups is 1. The Morgan fingerprint density at radius 3 is 2.72 bits per heavy atom. The van der Waals surface area contributed by atoms with Crippen LogP contribution >= 0.6 is 11.8 Å². The van der Waals surface area contributed by atoms with Crippen molar-refractivity contribution in [3.8, 4) is 17.1 Å². The fraction of sp³-hybridized carbons (Fsp3) is 0.318. The van der Waals surface area contributed by atoms with E-state index in [0.717, 1.165) is 29.5 Å². The van der Waals surface area contributed by atoms with Gasteiger partial charge in [-0.2, -0.15) is 0 Å². The van der Waals surface area contributed by atoms with Crippen molar-refractivity contribution < 1.29 is 9.53 Å². The van der Waals surface area contributed by atoms with Crippen LogP contribution < -0.4 is 10.1 Å². The number of nitrogens with one attached hydrogen (secondary N) is 1. The average molecular weight is 411 g/mol. The second-order valence-corrected chi connectivity index (χ2v) is 8.08. The van der Waals surface area contributed by atoms with E-state index in [2.05, 4.69) is 46.1 Å². The summed E-state index contributed by atoms with van der Waals surface area (Å²) in [6.45, 7) is 6.84. The van der Waals surface area contributed by atoms with Gasteiger partial charge >= 0.3 is 0 Å². The fourth-order valence-electron chi connectivity index (χ4n) is 2.99. The molecule has 29 heavy (non-hydrogen) atoms. The van der Waals surface area contributed by atoms with Gasteiger partial charge < -0.3 is 14.6 Å². The lowest BCUT2D eigenvalue weighted by Crippen LogP contribution is -2.23. The number of aryl methyl sites for hydroxylation is 1. The van der Waals surface area contributed by atoms with Crippen LogP contribution in [0.15, 0.2) is 53.7 Å². The Morgan fingerprint density at radius 1 is 1.21 bits per heavy atom. The fourth-order valence-corrected chi connectivity index (χ4v) is 3.87. The molecule has 0 saturated carbocycles. The molecule has 0 fully saturated rings. The summed E-state index contributed by atoms with van der Waals surface area (Å²) in [7, 11) is 1.59. The molecule has 1 heterocycles. The van der Waals surface area contributed by atoms with Crippen molar-refractivity contribution in [1.82, 2.24) is 14.8 Å². The van der Waals surface area contributed by atoms with E-state index >= 15 is 0 Å². The van der Waals surface area contributed by atoms with Crippen molar-refractivity contribution in [2.75, 3.05) is 12.4 Å². The van der Waals surface area contributed by atoms with Crippen LogP contribution in [-0.4, -0.2) is 33.0 Å². The molecule has 0 aliphatic heterocycles. The van der Waals surface area contributed by atoms with Crippen molar-refractivity contribution >= 4 is 23.4 Å². The van der Waals surface area contributed by atoms with Crippen LogP contribution in [0.5, 0.6) is 5.75 Å². The lowest BCUT2D eigenvalue weighted by molar-refractivity contribution is -0.115. The van der Waals surface area contributed by atoms with Gasteiger partial charge in [-0.1, -0.05) is 54.6 Å². The van der Waals surface area contributed by atoms with Gasteiger partial charge in [-0.25, -0.2) is 0 Å². The third-order valence-electron chi connectivity index (χ3n) is 4.46. The quantitative estimate of drug-likeness (QED) is 0.541. The first-order chi connectivity index (χ1) is 14.0. The van der Waals surface area contributed by atoms with E-state index in [1.807, 2.05) is 43.3 Å². The number of hydrogen-bond donors (Lipinski definition) is 1. The Labute approximate surface area is 175 Å². The SMILES string of the molecule is CCCn1c(S[C@@H](C)C(=O)Nc2ccccc2OC)nnc1-c1cccc(C)c1. The average Bonchev–Trinajstić information content (AvgIpc) is 3.11. The minimum absolute atomic E-state index is 0.109. The number of carbonyl (C=O) groups is 1. The number of benzene rings is 2. The van der Waals surface area contributed by atoms with E-state index in [4.69, 9.17) is 4.74 Å². The number of amides is 1. The molecule has 7 heteroatoms. The van der Waals surface area contributed by atoms with Crippen molar-refractivity contribution in [3.63, 3.8) is 0 Å². The summed E-state index contributed by atoms with van der Waals surface area (Å²) in [5.74, 6) is 1.35. The molecule has 0 aliphatic carbocycles. The lowest BCUT2D eigenvalue weighted by atomic mass is 10.1. The van der Waals surface area contributed by atoms with Gasteiger partial charge in [0.05, 0.1) is 18.0 Å². The Kier molecular flexibility index (Phi) is 6.93. The van der Waals surface area contributed by atoms with Crippen LogP contribution in [0, 0.1) is 6.92 Å². The number of methoxy groups -OCH3 is 1. The maximum Gasteiger partial charge on any atom is 0.237 e. The van der Waals surface area contributed by atoms with Crippen LogP contribution in [0.1, 0.15) is 25.8 Å². The first kappa shape index (κ1) is 20.9. The molecule has 2 aromatic carbocycles. The zero-order valence-corrected chi connectivity index (χ0v) is 18.0. The van der Waals surface area contributed by atoms with Crippen LogP contribution in [0.2, 0.25) is 0 Å². The molecule has 6 nitrogen and oxygen atoms in total. The summed E-state index contributed by atoms with van der Waals surface area (Å²) in [6, 6.07) is 15.6. The maximum absolute atomic E-state index is 12.7. The Hall–Kier alpha value is -2.80. The van der Waals surface area contributed by atoms with E-state index in [1.165, 1.54) is 17.3 Å². The van der Waals surface area contributed by atoms with Crippen molar-refractivity contribution in [2.24, 2.45) is 0 Å². The third kappa shape index (κ3) is 4.98. The predicted molar refractivity (Wildman–Crippen MR) is 117 cm³/mol. The molecular formula is C22H26N4O2S. The Balaban J connectivity index is 1.79. The van der Waals surface area contributed by atoms with Gasteiger partial charge in [-0.15, -0.1) is 10.2 Å². The first-order valence-corrected chi connectivity index (χ1v) is 10.5. The van der Waals surface area contributed by atoms with Crippen LogP contribution in [0.4, 0.5) is 5.69 Å². The molecule has 1 amide bonds. The summed E-state index contributed by atoms with van der Waals surface area (Å²) >= 11 is 1.41. The standard InChI is InChI=1S/C22H26N4O2S/c1-5-13-26-20(17-10-8-9-15(2)14-17)24-25-22(26)29-16(3)21(27)23-18-11-6-7-12-19(18)28-4/h6-12,14,16H,5,13H2,1-4H3,(H,23,27)/t16-/m0/s1. The van der Waals surface area contributed by atoms with Crippen LogP contribution in [0.25, 0.3) is 11.4 Å². The van der Waals surface area contributed by atoms with Gasteiger partial charge in [-0.3, -0.25) is 4.79 Å². The van der Waals surface area contributed by atoms with Gasteiger partial charge in [0.1, 0.15) is 5.75 Å². The number of carbonyl (C=O) groups excluding carboxylic acids is 1. The van der Waals surface area contributed by atoms with Crippen molar-refractivity contribution in [1.29, 1.82) is 0 Å². The number of hydrogen-bond acceptors (Lipinski definition) is 5. The number of para-hydroxylation sites is 2. The third-order valence-corrected chi connectivity index (χ3v) is 5.54. The second-order valence-electron chi connectivity index (χ2n) is 6.78. The topological polar surface area (TPSA) is 69.0 Å². The molecule has 0 spiro atoms. The van der Waals surface area contributed by atoms with E-state index in [1.54, 1.807) is 7.11 Å². The summed E-state index contributed by atoms with van der Waals surface area (Å²) in [6.07, 6.45) is 0.951. The van der Waals surface area contributed by atoms with Gasteiger partial charge in [0.15, 0.2) is 11.0 Å². The minimum Gasteiger partial charge on any atom is -0.495 e. The largest absolute Gasteiger partial charge is 0.495 e. The second kappa shape index (κ2) is 9.60. The molecule has 1 atom stereocenters. The molecule has 0 unspecified atom stereocenters. The van der Waals surface area contributed by atoms with E-state index in [9.17, 15) is 4.79 Å². The molecule has 0 aliphatic rings. The smallest absolute Gasteiger partial charge is 0.237 e. The highest BCUT2D eigenvalue weighted by atomic mass is 32.2. The monoisotopic (exact) mass is 410 g/mol. The van der Waals surface area contributed by atoms with Crippen molar-refractivity contribution in [3.05, 3.63) is 54.1 Å². The van der Waals surface area contributed by atoms with E-state index in [0.29, 0.717) is 11.4 Å². The summed E-state index contributed by atoms with van der Waals surface area (Å²) in [4.78, 5) is 12.7. The maximum atomic E-state index is 12.7. The van der Waals surface area contributed by atoms with Crippen LogP contribution in [-0.2, 0) is 11.3 Å². The highest BCUT2D eigenvalue weighted by Gasteiger charge is 2.21. The molecule has 3 rings (SSSR count). The molecular weight excluding hydrogens is 384 g/mol. The van der Waals surface area contributed by atoms with Gasteiger partial charge in [0, 0.05) is 12.1 Å². The number of rotatable bonds is 8. The minimum atomic E-state index is -0.343. The molecule has 0 bridgehead atoms. The van der Waals surface area contributed by atoms with E-state index in [-0.39, 0.29) is 11.2 Å². The molecule has 1 aromatic heterocycles. The molecule has 152 valence electrons. The van der Waals surface area contributed by atoms with E-state index < -0.39 is 0 Å². The molecule has 0 saturated heterocycles. The molecule has 0 radical (unpaired) electrons. The van der Waals surface area contributed by atoms with Gasteiger partial charge in [0.2, 0.25) is 5.91 Å². The zero-order chi connectivity index (χ0) is 20.8. The zero-order valence-electron chi connectivity index (χ0n) is 17.2. The molecule has 3 aromatic rings. The summed E-state index contributed by atoms with van der Waals surface area (Å²) < 4.78 is 7.40. The Morgan fingerprint density at radius 2 is 2.00 bits per heavy atom. The number of nitrogens with zero attached hydrogens (tertiary/aromatic N) is 3.